The number of aryl methyl sites for hydroxylation is 1. The van der Waals surface area contributed by atoms with Crippen LogP contribution >= 0.6 is 22.9 Å². The largest absolute Gasteiger partial charge is 0.467 e. The third-order valence-electron chi connectivity index (χ3n) is 8.28. The first-order valence-electron chi connectivity index (χ1n) is 15.4. The molecule has 0 saturated carbocycles. The number of methoxy groups -OCH3 is 1. The molecule has 1 aromatic heterocycles. The lowest BCUT2D eigenvalue weighted by molar-refractivity contribution is -0.164. The summed E-state index contributed by atoms with van der Waals surface area (Å²) < 4.78 is 12.5. The van der Waals surface area contributed by atoms with Crippen LogP contribution in [0.2, 0.25) is 5.02 Å². The zero-order valence-electron chi connectivity index (χ0n) is 27.7. The number of esters is 1. The summed E-state index contributed by atoms with van der Waals surface area (Å²) in [4.78, 5) is 34.0. The second-order valence-electron chi connectivity index (χ2n) is 13.8. The predicted octanol–water partition coefficient (Wildman–Crippen LogP) is 8.84. The molecule has 0 spiro atoms. The van der Waals surface area contributed by atoms with Crippen molar-refractivity contribution in [1.29, 1.82) is 0 Å². The zero-order chi connectivity index (χ0) is 33.6. The van der Waals surface area contributed by atoms with E-state index in [1.807, 2.05) is 64.1 Å². The van der Waals surface area contributed by atoms with E-state index in [4.69, 9.17) is 26.1 Å². The van der Waals surface area contributed by atoms with Gasteiger partial charge in [0.1, 0.15) is 5.01 Å². The molecule has 1 saturated heterocycles. The molecule has 1 amide bonds. The number of carboxylic acid groups (broad SMARTS) is 1. The Balaban J connectivity index is 1.66. The Morgan fingerprint density at radius 1 is 1.02 bits per heavy atom. The van der Waals surface area contributed by atoms with E-state index in [-0.39, 0.29) is 11.5 Å². The molecule has 0 bridgehead atoms. The standard InChI is InChI=1S/C36H42ClN3O5S/c1-21-18-26-31(29(22-12-14-24(37)15-13-22)28(21)30(33(41)44-8)45-36(5,6)7)46-32(38-26)23-10-9-11-25(19-23)40-17-16-39(34(42)43)20-27(40)35(2,3)4/h9-15,18-19,27,30H,16-17,20H2,1-8H3,(H,42,43). The molecule has 46 heavy (non-hydrogen) atoms. The van der Waals surface area contributed by atoms with Crippen LogP contribution in [-0.4, -0.2) is 65.4 Å². The van der Waals surface area contributed by atoms with E-state index >= 15 is 0 Å². The number of piperazine rings is 1. The topological polar surface area (TPSA) is 92.2 Å². The number of carbonyl (C=O) groups excluding carboxylic acids is 1. The number of aromatic nitrogens is 1. The maximum atomic E-state index is 13.3. The van der Waals surface area contributed by atoms with Crippen molar-refractivity contribution in [3.63, 3.8) is 0 Å². The summed E-state index contributed by atoms with van der Waals surface area (Å²) in [7, 11) is 1.38. The first-order valence-corrected chi connectivity index (χ1v) is 16.6. The van der Waals surface area contributed by atoms with E-state index in [1.165, 1.54) is 12.0 Å². The lowest BCUT2D eigenvalue weighted by Gasteiger charge is -2.47. The minimum absolute atomic E-state index is 0.00255. The molecule has 3 aromatic carbocycles. The molecule has 10 heteroatoms. The van der Waals surface area contributed by atoms with Crippen LogP contribution in [-0.2, 0) is 14.3 Å². The average Bonchev–Trinajstić information content (AvgIpc) is 3.42. The fourth-order valence-corrected chi connectivity index (χ4v) is 7.33. The predicted molar refractivity (Wildman–Crippen MR) is 186 cm³/mol. The highest BCUT2D eigenvalue weighted by molar-refractivity contribution is 7.22. The van der Waals surface area contributed by atoms with Gasteiger partial charge in [-0.25, -0.2) is 14.6 Å². The summed E-state index contributed by atoms with van der Waals surface area (Å²) in [5.41, 5.74) is 5.42. The van der Waals surface area contributed by atoms with Crippen molar-refractivity contribution < 1.29 is 24.2 Å². The second kappa shape index (κ2) is 12.9. The lowest BCUT2D eigenvalue weighted by Crippen LogP contribution is -2.59. The number of anilines is 1. The molecule has 5 rings (SSSR count). The third-order valence-corrected chi connectivity index (χ3v) is 9.67. The minimum atomic E-state index is -0.951. The van der Waals surface area contributed by atoms with Gasteiger partial charge in [0.15, 0.2) is 6.10 Å². The molecule has 2 unspecified atom stereocenters. The van der Waals surface area contributed by atoms with Gasteiger partial charge in [-0.1, -0.05) is 56.6 Å². The first-order chi connectivity index (χ1) is 21.6. The number of hydrogen-bond acceptors (Lipinski definition) is 7. The highest BCUT2D eigenvalue weighted by Crippen LogP contribution is 2.45. The normalized spacial score (nSPS) is 16.5. The molecule has 1 fully saturated rings. The van der Waals surface area contributed by atoms with Crippen molar-refractivity contribution in [1.82, 2.24) is 9.88 Å². The van der Waals surface area contributed by atoms with E-state index in [2.05, 4.69) is 43.9 Å². The summed E-state index contributed by atoms with van der Waals surface area (Å²) in [5, 5.41) is 11.1. The van der Waals surface area contributed by atoms with Gasteiger partial charge in [-0.05, 0) is 74.6 Å². The van der Waals surface area contributed by atoms with Crippen LogP contribution in [0.4, 0.5) is 10.5 Å². The molecule has 1 aliphatic rings. The number of thiazole rings is 1. The van der Waals surface area contributed by atoms with Crippen LogP contribution in [0.5, 0.6) is 0 Å². The number of fused-ring (bicyclic) bond motifs is 1. The number of carbonyl (C=O) groups is 2. The van der Waals surface area contributed by atoms with Gasteiger partial charge in [-0.2, -0.15) is 0 Å². The van der Waals surface area contributed by atoms with Gasteiger partial charge in [0.2, 0.25) is 0 Å². The smallest absolute Gasteiger partial charge is 0.407 e. The molecule has 1 N–H and O–H groups in total. The Hall–Kier alpha value is -3.66. The number of halogens is 1. The van der Waals surface area contributed by atoms with Crippen LogP contribution < -0.4 is 4.90 Å². The number of benzene rings is 3. The van der Waals surface area contributed by atoms with Gasteiger partial charge in [0.25, 0.3) is 0 Å². The number of amides is 1. The van der Waals surface area contributed by atoms with Crippen molar-refractivity contribution in [2.24, 2.45) is 5.41 Å². The maximum absolute atomic E-state index is 13.3. The molecule has 244 valence electrons. The van der Waals surface area contributed by atoms with Crippen molar-refractivity contribution in [3.05, 3.63) is 70.7 Å². The Labute approximate surface area is 279 Å². The van der Waals surface area contributed by atoms with Crippen LogP contribution in [0.3, 0.4) is 0 Å². The highest BCUT2D eigenvalue weighted by Gasteiger charge is 2.37. The average molecular weight is 664 g/mol. The molecule has 2 heterocycles. The third kappa shape index (κ3) is 7.01. The van der Waals surface area contributed by atoms with E-state index < -0.39 is 23.8 Å². The zero-order valence-corrected chi connectivity index (χ0v) is 29.3. The van der Waals surface area contributed by atoms with Crippen LogP contribution in [0.25, 0.3) is 31.9 Å². The number of ether oxygens (including phenoxy) is 2. The van der Waals surface area contributed by atoms with E-state index in [9.17, 15) is 14.7 Å². The quantitative estimate of drug-likeness (QED) is 0.206. The van der Waals surface area contributed by atoms with Gasteiger partial charge < -0.3 is 24.4 Å². The van der Waals surface area contributed by atoms with Crippen molar-refractivity contribution >= 4 is 50.9 Å². The van der Waals surface area contributed by atoms with E-state index in [1.54, 1.807) is 11.3 Å². The maximum Gasteiger partial charge on any atom is 0.407 e. The second-order valence-corrected chi connectivity index (χ2v) is 15.3. The van der Waals surface area contributed by atoms with Gasteiger partial charge in [-0.15, -0.1) is 11.3 Å². The Morgan fingerprint density at radius 2 is 1.72 bits per heavy atom. The molecule has 0 aliphatic carbocycles. The van der Waals surface area contributed by atoms with Crippen LogP contribution in [0.1, 0.15) is 58.8 Å². The molecular formula is C36H42ClN3O5S. The molecule has 1 aliphatic heterocycles. The molecule has 4 aromatic rings. The molecule has 0 radical (unpaired) electrons. The fourth-order valence-electron chi connectivity index (χ4n) is 6.09. The summed E-state index contributed by atoms with van der Waals surface area (Å²) >= 11 is 7.85. The fraction of sp³-hybridized carbons (Fsp3) is 0.417. The van der Waals surface area contributed by atoms with Crippen LogP contribution in [0, 0.1) is 12.3 Å². The minimum Gasteiger partial charge on any atom is -0.467 e. The first kappa shape index (κ1) is 33.7. The van der Waals surface area contributed by atoms with E-state index in [0.717, 1.165) is 48.7 Å². The molecule has 2 atom stereocenters. The van der Waals surface area contributed by atoms with Gasteiger partial charge in [0.05, 0.1) is 29.0 Å². The summed E-state index contributed by atoms with van der Waals surface area (Å²) in [6.07, 6.45) is -1.83. The van der Waals surface area contributed by atoms with Gasteiger partial charge in [-0.3, -0.25) is 0 Å². The van der Waals surface area contributed by atoms with Crippen molar-refractivity contribution in [3.8, 4) is 21.7 Å². The van der Waals surface area contributed by atoms with Crippen LogP contribution in [0.15, 0.2) is 54.6 Å². The van der Waals surface area contributed by atoms with Crippen molar-refractivity contribution in [2.75, 3.05) is 31.6 Å². The Bertz CT molecular complexity index is 1760. The lowest BCUT2D eigenvalue weighted by atomic mass is 9.84. The Kier molecular flexibility index (Phi) is 9.42. The highest BCUT2D eigenvalue weighted by atomic mass is 35.5. The van der Waals surface area contributed by atoms with Gasteiger partial charge >= 0.3 is 12.1 Å². The monoisotopic (exact) mass is 663 g/mol. The molecular weight excluding hydrogens is 622 g/mol. The number of hydrogen-bond donors (Lipinski definition) is 1. The van der Waals surface area contributed by atoms with Gasteiger partial charge in [0, 0.05) is 47.0 Å². The van der Waals surface area contributed by atoms with Crippen molar-refractivity contribution in [2.45, 2.75) is 66.2 Å². The SMILES string of the molecule is COC(=O)C(OC(C)(C)C)c1c(C)cc2nc(-c3cccc(N4CCN(C(=O)O)CC4C(C)(C)C)c3)sc2c1-c1ccc(Cl)cc1. The Morgan fingerprint density at radius 3 is 2.33 bits per heavy atom. The summed E-state index contributed by atoms with van der Waals surface area (Å²) in [6.45, 7) is 15.7. The number of nitrogens with zero attached hydrogens (tertiary/aromatic N) is 3. The summed E-state index contributed by atoms with van der Waals surface area (Å²) in [6, 6.07) is 17.9. The summed E-state index contributed by atoms with van der Waals surface area (Å²) in [5.74, 6) is -0.471. The molecule has 8 nitrogen and oxygen atoms in total. The van der Waals surface area contributed by atoms with E-state index in [0.29, 0.717) is 24.7 Å². The number of rotatable bonds is 6.